The fourth-order valence-electron chi connectivity index (χ4n) is 3.38. The lowest BCUT2D eigenvalue weighted by atomic mass is 9.86. The third-order valence-corrected chi connectivity index (χ3v) is 4.70. The van der Waals surface area contributed by atoms with Crippen LogP contribution >= 0.6 is 0 Å². The number of ether oxygens (including phenoxy) is 6. The largest absolute Gasteiger partial charge is 0.465 e. The summed E-state index contributed by atoms with van der Waals surface area (Å²) in [6, 6.07) is -1.15. The van der Waals surface area contributed by atoms with Crippen LogP contribution in [-0.2, 0) is 42.8 Å². The lowest BCUT2D eigenvalue weighted by Crippen LogP contribution is -2.73. The minimum absolute atomic E-state index is 0.337. The molecule has 0 aromatic heterocycles. The minimum atomic E-state index is -2.08. The van der Waals surface area contributed by atoms with Crippen LogP contribution in [0.4, 0.5) is 0 Å². The molecule has 0 unspecified atom stereocenters. The highest BCUT2D eigenvalue weighted by Crippen LogP contribution is 2.40. The Kier molecular flexibility index (Phi) is 8.93. The van der Waals surface area contributed by atoms with Crippen molar-refractivity contribution in [1.82, 2.24) is 5.32 Å². The van der Waals surface area contributed by atoms with Gasteiger partial charge in [-0.1, -0.05) is 0 Å². The van der Waals surface area contributed by atoms with Gasteiger partial charge < -0.3 is 44.0 Å². The molecule has 29 heavy (non-hydrogen) atoms. The van der Waals surface area contributed by atoms with Crippen molar-refractivity contribution in [3.63, 3.8) is 0 Å². The van der Waals surface area contributed by atoms with Crippen LogP contribution in [0.3, 0.4) is 0 Å². The summed E-state index contributed by atoms with van der Waals surface area (Å²) in [4.78, 5) is 36.0. The molecule has 0 saturated carbocycles. The summed E-state index contributed by atoms with van der Waals surface area (Å²) in [5, 5.41) is 22.5. The number of aliphatic hydroxyl groups excluding tert-OH is 2. The van der Waals surface area contributed by atoms with Crippen molar-refractivity contribution in [3.05, 3.63) is 0 Å². The van der Waals surface area contributed by atoms with Gasteiger partial charge in [0.1, 0.15) is 18.3 Å². The van der Waals surface area contributed by atoms with E-state index < -0.39 is 60.4 Å². The molecule has 1 aliphatic rings. The lowest BCUT2D eigenvalue weighted by Gasteiger charge is -2.51. The average Bonchev–Trinajstić information content (AvgIpc) is 2.69. The first kappa shape index (κ1) is 25.2. The Hall–Kier alpha value is -1.83. The molecule has 1 fully saturated rings. The van der Waals surface area contributed by atoms with Crippen LogP contribution in [-0.4, -0.2) is 99.0 Å². The zero-order valence-corrected chi connectivity index (χ0v) is 17.3. The van der Waals surface area contributed by atoms with Crippen molar-refractivity contribution < 1.29 is 53.0 Å². The molecule has 12 heteroatoms. The van der Waals surface area contributed by atoms with Crippen LogP contribution in [0.15, 0.2) is 0 Å². The zero-order chi connectivity index (χ0) is 22.4. The van der Waals surface area contributed by atoms with Gasteiger partial charge in [0.25, 0.3) is 5.79 Å². The van der Waals surface area contributed by atoms with Gasteiger partial charge in [-0.05, 0) is 0 Å². The lowest BCUT2D eigenvalue weighted by molar-refractivity contribution is -0.376. The zero-order valence-electron chi connectivity index (χ0n) is 17.3. The van der Waals surface area contributed by atoms with Crippen LogP contribution in [0.2, 0.25) is 0 Å². The Balaban J connectivity index is 3.66. The molecule has 5 atom stereocenters. The summed E-state index contributed by atoms with van der Waals surface area (Å²) in [6.07, 6.45) is -4.66. The number of aliphatic hydroxyl groups is 2. The highest BCUT2D eigenvalue weighted by atomic mass is 16.8. The Bertz CT molecular complexity index is 594. The van der Waals surface area contributed by atoms with E-state index in [1.165, 1.54) is 28.3 Å². The first-order valence-corrected chi connectivity index (χ1v) is 8.72. The van der Waals surface area contributed by atoms with E-state index in [1.54, 1.807) is 0 Å². The summed E-state index contributed by atoms with van der Waals surface area (Å²) in [6.45, 7) is 1.54. The molecule has 0 aliphatic carbocycles. The molecule has 0 aromatic carbocycles. The van der Waals surface area contributed by atoms with Crippen molar-refractivity contribution in [2.75, 3.05) is 35.0 Å². The number of nitrogens with one attached hydrogen (secondary N) is 1. The molecular weight excluding hydrogens is 394 g/mol. The molecule has 0 radical (unpaired) electrons. The van der Waals surface area contributed by atoms with E-state index in [9.17, 15) is 24.6 Å². The number of hydrogen-bond acceptors (Lipinski definition) is 11. The third kappa shape index (κ3) is 5.02. The molecule has 1 rings (SSSR count). The summed E-state index contributed by atoms with van der Waals surface area (Å²) < 4.78 is 31.9. The van der Waals surface area contributed by atoms with Crippen LogP contribution < -0.4 is 5.32 Å². The van der Waals surface area contributed by atoms with Crippen molar-refractivity contribution in [1.29, 1.82) is 0 Å². The molecule has 0 aromatic rings. The second kappa shape index (κ2) is 10.3. The number of carbonyl (C=O) groups excluding carboxylic acids is 3. The summed E-state index contributed by atoms with van der Waals surface area (Å²) in [5.41, 5.74) is 0. The third-order valence-electron chi connectivity index (χ3n) is 4.70. The van der Waals surface area contributed by atoms with E-state index >= 15 is 0 Å². The standard InChI is InChI=1S/C17H29NO11/c1-9(20)18-13-11(28-10(2)21)7-16(25-4,15(23)24-3)29-14(13)17(26-5,27-6)12(22)8-19/h11-14,19,22H,7-8H2,1-6H3,(H,18,20)/t11-,12+,13+,14+,16-/m0/s1. The molecule has 0 spiro atoms. The Morgan fingerprint density at radius 1 is 1.21 bits per heavy atom. The van der Waals surface area contributed by atoms with E-state index in [-0.39, 0.29) is 6.42 Å². The van der Waals surface area contributed by atoms with Crippen molar-refractivity contribution in [3.8, 4) is 0 Å². The quantitative estimate of drug-likeness (QED) is 0.280. The number of rotatable bonds is 9. The number of hydrogen-bond donors (Lipinski definition) is 3. The topological polar surface area (TPSA) is 159 Å². The highest BCUT2D eigenvalue weighted by molar-refractivity contribution is 5.78. The predicted molar refractivity (Wildman–Crippen MR) is 94.2 cm³/mol. The van der Waals surface area contributed by atoms with E-state index in [0.717, 1.165) is 14.0 Å². The van der Waals surface area contributed by atoms with Gasteiger partial charge in [-0.25, -0.2) is 4.79 Å². The van der Waals surface area contributed by atoms with Crippen LogP contribution in [0, 0.1) is 0 Å². The maximum Gasteiger partial charge on any atom is 0.366 e. The first-order valence-electron chi connectivity index (χ1n) is 8.72. The first-order chi connectivity index (χ1) is 13.6. The summed E-state index contributed by atoms with van der Waals surface area (Å²) in [5.74, 6) is -6.35. The van der Waals surface area contributed by atoms with E-state index in [1.807, 2.05) is 0 Å². The van der Waals surface area contributed by atoms with Gasteiger partial charge in [0.15, 0.2) is 0 Å². The SMILES string of the molecule is COC(=O)[C@]1(OC)C[C@H](OC(C)=O)[C@@H](NC(C)=O)[C@H](C(OC)(OC)[C@H](O)CO)O1. The number of amides is 1. The van der Waals surface area contributed by atoms with Gasteiger partial charge in [-0.3, -0.25) is 9.59 Å². The maximum atomic E-state index is 12.5. The minimum Gasteiger partial charge on any atom is -0.465 e. The monoisotopic (exact) mass is 423 g/mol. The summed E-state index contributed by atoms with van der Waals surface area (Å²) >= 11 is 0. The molecule has 0 bridgehead atoms. The van der Waals surface area contributed by atoms with E-state index in [2.05, 4.69) is 5.32 Å². The fourth-order valence-corrected chi connectivity index (χ4v) is 3.38. The smallest absolute Gasteiger partial charge is 0.366 e. The molecule has 1 saturated heterocycles. The van der Waals surface area contributed by atoms with Crippen molar-refractivity contribution >= 4 is 17.8 Å². The number of carbonyl (C=O) groups is 3. The second-order valence-electron chi connectivity index (χ2n) is 6.39. The molecule has 3 N–H and O–H groups in total. The highest BCUT2D eigenvalue weighted by Gasteiger charge is 2.63. The molecule has 168 valence electrons. The Morgan fingerprint density at radius 3 is 2.17 bits per heavy atom. The number of methoxy groups -OCH3 is 4. The predicted octanol–water partition coefficient (Wildman–Crippen LogP) is -1.93. The van der Waals surface area contributed by atoms with Gasteiger partial charge >= 0.3 is 11.9 Å². The van der Waals surface area contributed by atoms with Crippen molar-refractivity contribution in [2.24, 2.45) is 0 Å². The fraction of sp³-hybridized carbons (Fsp3) is 0.824. The number of esters is 2. The maximum absolute atomic E-state index is 12.5. The van der Waals surface area contributed by atoms with Gasteiger partial charge in [0, 0.05) is 35.2 Å². The second-order valence-corrected chi connectivity index (χ2v) is 6.39. The van der Waals surface area contributed by atoms with Crippen LogP contribution in [0.1, 0.15) is 20.3 Å². The van der Waals surface area contributed by atoms with E-state index in [4.69, 9.17) is 28.4 Å². The van der Waals surface area contributed by atoms with Crippen LogP contribution in [0.5, 0.6) is 0 Å². The van der Waals surface area contributed by atoms with E-state index in [0.29, 0.717) is 0 Å². The Morgan fingerprint density at radius 2 is 1.79 bits per heavy atom. The molecule has 1 heterocycles. The average molecular weight is 423 g/mol. The molecule has 1 aliphatic heterocycles. The Labute approximate surface area is 168 Å². The van der Waals surface area contributed by atoms with Gasteiger partial charge in [0.05, 0.1) is 26.2 Å². The molecular formula is C17H29NO11. The van der Waals surface area contributed by atoms with Gasteiger partial charge in [0.2, 0.25) is 11.7 Å². The normalized spacial score (nSPS) is 28.3. The van der Waals surface area contributed by atoms with Gasteiger partial charge in [-0.15, -0.1) is 0 Å². The molecule has 1 amide bonds. The van der Waals surface area contributed by atoms with Crippen LogP contribution in [0.25, 0.3) is 0 Å². The summed E-state index contributed by atoms with van der Waals surface area (Å²) in [7, 11) is 4.60. The molecule has 12 nitrogen and oxygen atoms in total. The van der Waals surface area contributed by atoms with Crippen molar-refractivity contribution in [2.45, 2.75) is 56.2 Å². The van der Waals surface area contributed by atoms with Gasteiger partial charge in [-0.2, -0.15) is 0 Å².